The Morgan fingerprint density at radius 3 is 2.55 bits per heavy atom. The SMILES string of the molecule is CC(C)(N)C1(c2ccccn2)CCOC2(CCCC2)C1. The van der Waals surface area contributed by atoms with Crippen molar-refractivity contribution in [2.75, 3.05) is 6.61 Å². The van der Waals surface area contributed by atoms with Crippen LogP contribution in [0, 0.1) is 0 Å². The maximum atomic E-state index is 6.63. The Kier molecular flexibility index (Phi) is 3.38. The molecule has 3 heteroatoms. The zero-order valence-corrected chi connectivity index (χ0v) is 12.7. The second-order valence-corrected chi connectivity index (χ2v) is 7.18. The second kappa shape index (κ2) is 4.81. The van der Waals surface area contributed by atoms with Gasteiger partial charge in [0, 0.05) is 29.5 Å². The lowest BCUT2D eigenvalue weighted by Gasteiger charge is -2.52. The van der Waals surface area contributed by atoms with E-state index in [1.54, 1.807) is 0 Å². The number of hydrogen-bond acceptors (Lipinski definition) is 3. The fourth-order valence-electron chi connectivity index (χ4n) is 4.22. The molecule has 0 radical (unpaired) electrons. The van der Waals surface area contributed by atoms with Gasteiger partial charge < -0.3 is 10.5 Å². The topological polar surface area (TPSA) is 48.1 Å². The molecule has 20 heavy (non-hydrogen) atoms. The summed E-state index contributed by atoms with van der Waals surface area (Å²) in [6.07, 6.45) is 8.79. The number of ether oxygens (including phenoxy) is 1. The quantitative estimate of drug-likeness (QED) is 0.901. The van der Waals surface area contributed by atoms with Crippen molar-refractivity contribution >= 4 is 0 Å². The van der Waals surface area contributed by atoms with Gasteiger partial charge in [0.15, 0.2) is 0 Å². The monoisotopic (exact) mass is 274 g/mol. The number of pyridine rings is 1. The van der Waals surface area contributed by atoms with E-state index in [1.165, 1.54) is 25.7 Å². The van der Waals surface area contributed by atoms with E-state index in [4.69, 9.17) is 10.5 Å². The van der Waals surface area contributed by atoms with Gasteiger partial charge in [-0.2, -0.15) is 0 Å². The van der Waals surface area contributed by atoms with Gasteiger partial charge in [0.1, 0.15) is 0 Å². The summed E-state index contributed by atoms with van der Waals surface area (Å²) in [6.45, 7) is 5.10. The first kappa shape index (κ1) is 14.0. The highest BCUT2D eigenvalue weighted by Crippen LogP contribution is 2.51. The third kappa shape index (κ3) is 2.17. The molecule has 1 aliphatic carbocycles. The molecule has 1 saturated heterocycles. The van der Waals surface area contributed by atoms with Gasteiger partial charge in [0.2, 0.25) is 0 Å². The number of hydrogen-bond donors (Lipinski definition) is 1. The Labute approximate surface area is 121 Å². The summed E-state index contributed by atoms with van der Waals surface area (Å²) in [5.74, 6) is 0. The van der Waals surface area contributed by atoms with Crippen LogP contribution in [0.2, 0.25) is 0 Å². The summed E-state index contributed by atoms with van der Waals surface area (Å²) in [6, 6.07) is 6.20. The van der Waals surface area contributed by atoms with E-state index in [2.05, 4.69) is 31.0 Å². The molecule has 1 unspecified atom stereocenters. The van der Waals surface area contributed by atoms with Crippen molar-refractivity contribution < 1.29 is 4.74 Å². The average Bonchev–Trinajstić information content (AvgIpc) is 2.86. The van der Waals surface area contributed by atoms with Crippen LogP contribution >= 0.6 is 0 Å². The minimum atomic E-state index is -0.291. The molecule has 1 aliphatic heterocycles. The van der Waals surface area contributed by atoms with Crippen LogP contribution in [0.25, 0.3) is 0 Å². The Balaban J connectivity index is 2.03. The molecule has 1 aromatic rings. The largest absolute Gasteiger partial charge is 0.375 e. The Bertz CT molecular complexity index is 460. The minimum absolute atomic E-state index is 0.0480. The molecule has 2 aliphatic rings. The molecular weight excluding hydrogens is 248 g/mol. The maximum Gasteiger partial charge on any atom is 0.0692 e. The molecule has 0 bridgehead atoms. The van der Waals surface area contributed by atoms with Gasteiger partial charge in [0.25, 0.3) is 0 Å². The minimum Gasteiger partial charge on any atom is -0.375 e. The van der Waals surface area contributed by atoms with Gasteiger partial charge in [-0.25, -0.2) is 0 Å². The van der Waals surface area contributed by atoms with Crippen LogP contribution in [0.3, 0.4) is 0 Å². The highest BCUT2D eigenvalue weighted by atomic mass is 16.5. The Morgan fingerprint density at radius 1 is 1.20 bits per heavy atom. The third-order valence-electron chi connectivity index (χ3n) is 5.46. The van der Waals surface area contributed by atoms with Crippen molar-refractivity contribution in [3.05, 3.63) is 30.1 Å². The van der Waals surface area contributed by atoms with Gasteiger partial charge >= 0.3 is 0 Å². The van der Waals surface area contributed by atoms with Crippen LogP contribution in [-0.2, 0) is 10.2 Å². The molecule has 1 saturated carbocycles. The Morgan fingerprint density at radius 2 is 1.95 bits per heavy atom. The van der Waals surface area contributed by atoms with Gasteiger partial charge in [-0.05, 0) is 51.7 Å². The molecule has 110 valence electrons. The van der Waals surface area contributed by atoms with Gasteiger partial charge in [0.05, 0.1) is 5.60 Å². The smallest absolute Gasteiger partial charge is 0.0692 e. The van der Waals surface area contributed by atoms with Crippen LogP contribution in [-0.4, -0.2) is 22.7 Å². The van der Waals surface area contributed by atoms with Gasteiger partial charge in [-0.1, -0.05) is 18.9 Å². The normalized spacial score (nSPS) is 29.8. The summed E-state index contributed by atoms with van der Waals surface area (Å²) >= 11 is 0. The lowest BCUT2D eigenvalue weighted by molar-refractivity contribution is -0.115. The highest BCUT2D eigenvalue weighted by molar-refractivity contribution is 5.26. The van der Waals surface area contributed by atoms with E-state index < -0.39 is 0 Å². The van der Waals surface area contributed by atoms with Crippen molar-refractivity contribution in [1.82, 2.24) is 4.98 Å². The molecule has 3 rings (SSSR count). The van der Waals surface area contributed by atoms with Crippen molar-refractivity contribution in [2.45, 2.75) is 68.9 Å². The summed E-state index contributed by atoms with van der Waals surface area (Å²) in [5, 5.41) is 0. The van der Waals surface area contributed by atoms with Crippen LogP contribution in [0.5, 0.6) is 0 Å². The van der Waals surface area contributed by atoms with Crippen LogP contribution in [0.1, 0.15) is 58.1 Å². The summed E-state index contributed by atoms with van der Waals surface area (Å²) in [7, 11) is 0. The molecule has 2 heterocycles. The van der Waals surface area contributed by atoms with Crippen molar-refractivity contribution in [3.8, 4) is 0 Å². The predicted octanol–water partition coefficient (Wildman–Crippen LogP) is 3.18. The Hall–Kier alpha value is -0.930. The zero-order valence-electron chi connectivity index (χ0n) is 12.7. The van der Waals surface area contributed by atoms with E-state index in [-0.39, 0.29) is 16.6 Å². The van der Waals surface area contributed by atoms with Crippen molar-refractivity contribution in [2.24, 2.45) is 5.73 Å². The molecule has 1 spiro atoms. The number of aromatic nitrogens is 1. The lowest BCUT2D eigenvalue weighted by Crippen LogP contribution is -2.60. The first-order valence-electron chi connectivity index (χ1n) is 7.82. The van der Waals surface area contributed by atoms with E-state index in [0.717, 1.165) is 25.1 Å². The predicted molar refractivity (Wildman–Crippen MR) is 80.6 cm³/mol. The first-order valence-corrected chi connectivity index (χ1v) is 7.82. The third-order valence-corrected chi connectivity index (χ3v) is 5.46. The average molecular weight is 274 g/mol. The molecule has 0 amide bonds. The highest BCUT2D eigenvalue weighted by Gasteiger charge is 2.54. The van der Waals surface area contributed by atoms with Crippen LogP contribution in [0.15, 0.2) is 24.4 Å². The van der Waals surface area contributed by atoms with Crippen molar-refractivity contribution in [3.63, 3.8) is 0 Å². The van der Waals surface area contributed by atoms with Gasteiger partial charge in [-0.3, -0.25) is 4.98 Å². The van der Waals surface area contributed by atoms with E-state index >= 15 is 0 Å². The van der Waals surface area contributed by atoms with Gasteiger partial charge in [-0.15, -0.1) is 0 Å². The number of rotatable bonds is 2. The summed E-state index contributed by atoms with van der Waals surface area (Å²) in [5.41, 5.74) is 7.46. The maximum absolute atomic E-state index is 6.63. The molecule has 1 atom stereocenters. The molecule has 3 nitrogen and oxygen atoms in total. The summed E-state index contributed by atoms with van der Waals surface area (Å²) < 4.78 is 6.22. The van der Waals surface area contributed by atoms with E-state index in [0.29, 0.717) is 0 Å². The molecule has 2 fully saturated rings. The first-order chi connectivity index (χ1) is 9.48. The fourth-order valence-corrected chi connectivity index (χ4v) is 4.22. The van der Waals surface area contributed by atoms with Crippen LogP contribution in [0.4, 0.5) is 0 Å². The lowest BCUT2D eigenvalue weighted by atomic mass is 9.60. The molecular formula is C17H26N2O. The summed E-state index contributed by atoms with van der Waals surface area (Å²) in [4.78, 5) is 4.66. The van der Waals surface area contributed by atoms with Crippen molar-refractivity contribution in [1.29, 1.82) is 0 Å². The fraction of sp³-hybridized carbons (Fsp3) is 0.706. The second-order valence-electron chi connectivity index (χ2n) is 7.18. The van der Waals surface area contributed by atoms with E-state index in [1.807, 2.05) is 12.3 Å². The number of nitrogens with two attached hydrogens (primary N) is 1. The molecule has 0 aromatic carbocycles. The standard InChI is InChI=1S/C17H26N2O/c1-15(2,18)17(14-7-3-6-11-19-14)10-12-20-16(13-17)8-4-5-9-16/h3,6-7,11H,4-5,8-10,12-13,18H2,1-2H3. The molecule has 2 N–H and O–H groups in total. The van der Waals surface area contributed by atoms with E-state index in [9.17, 15) is 0 Å². The molecule has 1 aromatic heterocycles. The van der Waals surface area contributed by atoms with Crippen LogP contribution < -0.4 is 5.73 Å². The number of nitrogens with zero attached hydrogens (tertiary/aromatic N) is 1. The zero-order chi connectivity index (χ0) is 14.3.